The molecule has 2 aromatic rings. The molecule has 0 saturated carbocycles. The van der Waals surface area contributed by atoms with Crippen molar-refractivity contribution in [1.29, 1.82) is 0 Å². The summed E-state index contributed by atoms with van der Waals surface area (Å²) in [6, 6.07) is 13.6. The molecule has 0 aliphatic heterocycles. The Balaban J connectivity index is 1.73. The van der Waals surface area contributed by atoms with E-state index in [0.717, 1.165) is 29.9 Å². The zero-order chi connectivity index (χ0) is 19.6. The fourth-order valence-corrected chi connectivity index (χ4v) is 2.65. The molecule has 0 atom stereocenters. The van der Waals surface area contributed by atoms with Gasteiger partial charge in [-0.15, -0.1) is 0 Å². The fourth-order valence-electron chi connectivity index (χ4n) is 2.65. The molecule has 0 radical (unpaired) electrons. The molecule has 0 heterocycles. The highest BCUT2D eigenvalue weighted by Crippen LogP contribution is 2.18. The van der Waals surface area contributed by atoms with Gasteiger partial charge < -0.3 is 9.47 Å². The maximum absolute atomic E-state index is 11.9. The number of benzene rings is 2. The third-order valence-electron chi connectivity index (χ3n) is 4.05. The number of amides is 1. The maximum atomic E-state index is 11.9. The highest BCUT2D eigenvalue weighted by Gasteiger charge is 2.04. The second-order valence-corrected chi connectivity index (χ2v) is 6.67. The average molecular weight is 368 g/mol. The molecule has 0 fully saturated rings. The Morgan fingerprint density at radius 3 is 2.48 bits per heavy atom. The number of hydrogen-bond donors (Lipinski definition) is 1. The van der Waals surface area contributed by atoms with Gasteiger partial charge in [-0.3, -0.25) is 4.79 Å². The Bertz CT molecular complexity index is 768. The van der Waals surface area contributed by atoms with Gasteiger partial charge in [0.2, 0.25) is 5.91 Å². The van der Waals surface area contributed by atoms with Gasteiger partial charge in [0.1, 0.15) is 11.5 Å². The molecule has 1 N–H and O–H groups in total. The number of nitrogens with zero attached hydrogens (tertiary/aromatic N) is 1. The highest BCUT2D eigenvalue weighted by molar-refractivity contribution is 5.82. The van der Waals surface area contributed by atoms with Gasteiger partial charge in [-0.25, -0.2) is 5.43 Å². The van der Waals surface area contributed by atoms with Crippen LogP contribution in [0.3, 0.4) is 0 Å². The molecule has 0 aromatic heterocycles. The lowest BCUT2D eigenvalue weighted by Crippen LogP contribution is -2.17. The average Bonchev–Trinajstić information content (AvgIpc) is 2.64. The predicted octanol–water partition coefficient (Wildman–Crippen LogP) is 4.26. The maximum Gasteiger partial charge on any atom is 0.240 e. The summed E-state index contributed by atoms with van der Waals surface area (Å²) in [7, 11) is 1.66. The quantitative estimate of drug-likeness (QED) is 0.531. The van der Waals surface area contributed by atoms with Crippen LogP contribution < -0.4 is 14.9 Å². The van der Waals surface area contributed by atoms with E-state index in [2.05, 4.69) is 23.5 Å². The van der Waals surface area contributed by atoms with E-state index in [0.29, 0.717) is 6.42 Å². The topological polar surface area (TPSA) is 59.9 Å². The van der Waals surface area contributed by atoms with Crippen molar-refractivity contribution in [3.63, 3.8) is 0 Å². The summed E-state index contributed by atoms with van der Waals surface area (Å²) >= 11 is 0. The van der Waals surface area contributed by atoms with Crippen LogP contribution in [0.25, 0.3) is 0 Å². The van der Waals surface area contributed by atoms with E-state index in [4.69, 9.17) is 9.47 Å². The molecule has 0 aliphatic rings. The monoisotopic (exact) mass is 368 g/mol. The summed E-state index contributed by atoms with van der Waals surface area (Å²) in [6.45, 7) is 6.03. The van der Waals surface area contributed by atoms with Crippen LogP contribution in [0.1, 0.15) is 43.4 Å². The van der Waals surface area contributed by atoms with Gasteiger partial charge >= 0.3 is 0 Å². The molecule has 144 valence electrons. The molecule has 27 heavy (non-hydrogen) atoms. The third-order valence-corrected chi connectivity index (χ3v) is 4.05. The highest BCUT2D eigenvalue weighted by atomic mass is 16.5. The van der Waals surface area contributed by atoms with Gasteiger partial charge in [-0.2, -0.15) is 5.10 Å². The first-order chi connectivity index (χ1) is 13.0. The number of ether oxygens (including phenoxy) is 2. The van der Waals surface area contributed by atoms with Gasteiger partial charge in [0.15, 0.2) is 0 Å². The lowest BCUT2D eigenvalue weighted by molar-refractivity contribution is -0.121. The molecule has 5 nitrogen and oxygen atoms in total. The normalized spacial score (nSPS) is 11.0. The van der Waals surface area contributed by atoms with Crippen LogP contribution in [0.4, 0.5) is 0 Å². The predicted molar refractivity (Wildman–Crippen MR) is 109 cm³/mol. The van der Waals surface area contributed by atoms with Crippen LogP contribution in [-0.2, 0) is 11.2 Å². The summed E-state index contributed by atoms with van der Waals surface area (Å²) in [4.78, 5) is 11.9. The molecule has 5 heteroatoms. The number of aryl methyl sites for hydroxylation is 2. The van der Waals surface area contributed by atoms with Gasteiger partial charge in [-0.05, 0) is 86.7 Å². The molecular formula is C22H28N2O3. The fraction of sp³-hybridized carbons (Fsp3) is 0.364. The standard InChI is InChI=1S/C22H28N2O3/c1-16(2)27-20-11-8-18(9-12-20)15-23-24-22(25)7-5-6-19-10-13-21(26-4)14-17(19)3/h8-16H,5-7H2,1-4H3,(H,24,25)/b23-15-. The second kappa shape index (κ2) is 10.4. The zero-order valence-corrected chi connectivity index (χ0v) is 16.5. The lowest BCUT2D eigenvalue weighted by Gasteiger charge is -2.09. The summed E-state index contributed by atoms with van der Waals surface area (Å²) in [5, 5.41) is 4.02. The minimum absolute atomic E-state index is 0.0859. The SMILES string of the molecule is COc1ccc(CCCC(=O)N/N=C\c2ccc(OC(C)C)cc2)c(C)c1. The molecule has 0 bridgehead atoms. The van der Waals surface area contributed by atoms with Crippen molar-refractivity contribution in [1.82, 2.24) is 5.43 Å². The van der Waals surface area contributed by atoms with Crippen molar-refractivity contribution < 1.29 is 14.3 Å². The molecule has 1 amide bonds. The Morgan fingerprint density at radius 1 is 1.15 bits per heavy atom. The molecule has 0 aliphatic carbocycles. The largest absolute Gasteiger partial charge is 0.497 e. The van der Waals surface area contributed by atoms with Gasteiger partial charge in [0, 0.05) is 6.42 Å². The molecular weight excluding hydrogens is 340 g/mol. The van der Waals surface area contributed by atoms with Gasteiger partial charge in [-0.1, -0.05) is 6.07 Å². The van der Waals surface area contributed by atoms with E-state index in [1.165, 1.54) is 11.1 Å². The van der Waals surface area contributed by atoms with Crippen LogP contribution in [0.15, 0.2) is 47.6 Å². The lowest BCUT2D eigenvalue weighted by atomic mass is 10.0. The Morgan fingerprint density at radius 2 is 1.85 bits per heavy atom. The number of nitrogens with one attached hydrogen (secondary N) is 1. The summed E-state index contributed by atoms with van der Waals surface area (Å²) < 4.78 is 10.8. The van der Waals surface area contributed by atoms with Crippen molar-refractivity contribution in [3.8, 4) is 11.5 Å². The molecule has 0 unspecified atom stereocenters. The Kier molecular flexibility index (Phi) is 7.86. The number of methoxy groups -OCH3 is 1. The Labute approximate surface area is 161 Å². The van der Waals surface area contributed by atoms with Crippen LogP contribution in [0, 0.1) is 6.92 Å². The van der Waals surface area contributed by atoms with Crippen LogP contribution in [-0.4, -0.2) is 25.3 Å². The summed E-state index contributed by atoms with van der Waals surface area (Å²) in [5.74, 6) is 1.59. The summed E-state index contributed by atoms with van der Waals surface area (Å²) in [5.41, 5.74) is 5.89. The Hall–Kier alpha value is -2.82. The number of carbonyl (C=O) groups is 1. The zero-order valence-electron chi connectivity index (χ0n) is 16.5. The van der Waals surface area contributed by atoms with Crippen LogP contribution in [0.2, 0.25) is 0 Å². The van der Waals surface area contributed by atoms with E-state index in [9.17, 15) is 4.79 Å². The second-order valence-electron chi connectivity index (χ2n) is 6.67. The van der Waals surface area contributed by atoms with E-state index in [1.54, 1.807) is 13.3 Å². The van der Waals surface area contributed by atoms with Crippen molar-refractivity contribution in [2.24, 2.45) is 5.10 Å². The number of hydrogen-bond acceptors (Lipinski definition) is 4. The molecule has 2 aromatic carbocycles. The smallest absolute Gasteiger partial charge is 0.240 e. The molecule has 2 rings (SSSR count). The first-order valence-corrected chi connectivity index (χ1v) is 9.20. The van der Waals surface area contributed by atoms with Crippen LogP contribution in [0.5, 0.6) is 11.5 Å². The van der Waals surface area contributed by atoms with E-state index in [1.807, 2.05) is 50.2 Å². The number of carbonyl (C=O) groups excluding carboxylic acids is 1. The summed E-state index contributed by atoms with van der Waals surface area (Å²) in [6.07, 6.45) is 3.83. The van der Waals surface area contributed by atoms with Gasteiger partial charge in [0.25, 0.3) is 0 Å². The van der Waals surface area contributed by atoms with Gasteiger partial charge in [0.05, 0.1) is 19.4 Å². The van der Waals surface area contributed by atoms with E-state index < -0.39 is 0 Å². The molecule has 0 spiro atoms. The first kappa shape index (κ1) is 20.5. The van der Waals surface area contributed by atoms with E-state index in [-0.39, 0.29) is 12.0 Å². The minimum atomic E-state index is -0.0859. The minimum Gasteiger partial charge on any atom is -0.497 e. The van der Waals surface area contributed by atoms with Crippen molar-refractivity contribution in [2.45, 2.75) is 46.1 Å². The molecule has 0 saturated heterocycles. The van der Waals surface area contributed by atoms with E-state index >= 15 is 0 Å². The first-order valence-electron chi connectivity index (χ1n) is 9.20. The van der Waals surface area contributed by atoms with Crippen molar-refractivity contribution in [2.75, 3.05) is 7.11 Å². The number of hydrazone groups is 1. The number of rotatable bonds is 9. The van der Waals surface area contributed by atoms with Crippen molar-refractivity contribution >= 4 is 12.1 Å². The third kappa shape index (κ3) is 7.13. The van der Waals surface area contributed by atoms with Crippen LogP contribution >= 0.6 is 0 Å². The van der Waals surface area contributed by atoms with Crippen molar-refractivity contribution in [3.05, 3.63) is 59.2 Å².